The first-order chi connectivity index (χ1) is 8.84. The molecule has 1 aliphatic heterocycles. The molecule has 1 aromatic carbocycles. The molecule has 0 spiro atoms. The smallest absolute Gasteiger partial charge is 0.102 e. The molecule has 1 atom stereocenters. The van der Waals surface area contributed by atoms with Gasteiger partial charge in [-0.1, -0.05) is 33.3 Å². The Kier molecular flexibility index (Phi) is 3.06. The first-order valence-corrected chi connectivity index (χ1v) is 6.46. The van der Waals surface area contributed by atoms with Crippen molar-refractivity contribution in [1.82, 2.24) is 4.98 Å². The van der Waals surface area contributed by atoms with Crippen molar-refractivity contribution in [1.29, 1.82) is 0 Å². The predicted octanol–water partition coefficient (Wildman–Crippen LogP) is 3.77. The largest absolute Gasteiger partial charge is 0.264 e. The number of hydrogen-bond acceptors (Lipinski definition) is 4. The second-order valence-corrected chi connectivity index (χ2v) is 4.96. The highest BCUT2D eigenvalue weighted by Crippen LogP contribution is 2.32. The fourth-order valence-electron chi connectivity index (χ4n) is 1.99. The van der Waals surface area contributed by atoms with E-state index in [9.17, 15) is 0 Å². The van der Waals surface area contributed by atoms with E-state index in [0.29, 0.717) is 6.54 Å². The summed E-state index contributed by atoms with van der Waals surface area (Å²) < 4.78 is 1.03. The van der Waals surface area contributed by atoms with Crippen molar-refractivity contribution in [3.63, 3.8) is 0 Å². The molecule has 4 nitrogen and oxygen atoms in total. The molecule has 90 valence electrons. The lowest BCUT2D eigenvalue weighted by molar-refractivity contribution is 0.728. The Morgan fingerprint density at radius 1 is 1.22 bits per heavy atom. The normalized spacial score (nSPS) is 18.3. The maximum absolute atomic E-state index is 4.21. The van der Waals surface area contributed by atoms with E-state index in [1.807, 2.05) is 41.5 Å². The highest BCUT2D eigenvalue weighted by molar-refractivity contribution is 9.10. The van der Waals surface area contributed by atoms with Crippen LogP contribution in [-0.4, -0.2) is 11.5 Å². The summed E-state index contributed by atoms with van der Waals surface area (Å²) in [6.07, 6.45) is 3.64. The van der Waals surface area contributed by atoms with Gasteiger partial charge in [0.05, 0.1) is 12.2 Å². The van der Waals surface area contributed by atoms with Crippen LogP contribution >= 0.6 is 15.9 Å². The van der Waals surface area contributed by atoms with Crippen LogP contribution in [0.3, 0.4) is 0 Å². The first-order valence-electron chi connectivity index (χ1n) is 5.67. The van der Waals surface area contributed by atoms with Gasteiger partial charge in [-0.3, -0.25) is 4.98 Å². The molecule has 1 aromatic heterocycles. The molecule has 0 saturated heterocycles. The van der Waals surface area contributed by atoms with E-state index < -0.39 is 0 Å². The van der Waals surface area contributed by atoms with Crippen molar-refractivity contribution >= 4 is 21.6 Å². The molecule has 18 heavy (non-hydrogen) atoms. The molecule has 0 saturated carbocycles. The van der Waals surface area contributed by atoms with Crippen LogP contribution in [0.5, 0.6) is 0 Å². The summed E-state index contributed by atoms with van der Waals surface area (Å²) in [6.45, 7) is 0.665. The minimum Gasteiger partial charge on any atom is -0.264 e. The van der Waals surface area contributed by atoms with E-state index >= 15 is 0 Å². The third-order valence-electron chi connectivity index (χ3n) is 2.85. The third kappa shape index (κ3) is 2.13. The SMILES string of the molecule is Brc1cccc(N2N=NCC2c2cccnc2)c1. The van der Waals surface area contributed by atoms with Crippen LogP contribution in [0.2, 0.25) is 0 Å². The number of benzene rings is 1. The van der Waals surface area contributed by atoms with Crippen LogP contribution < -0.4 is 5.01 Å². The van der Waals surface area contributed by atoms with Gasteiger partial charge in [-0.15, -0.1) is 0 Å². The van der Waals surface area contributed by atoms with Crippen molar-refractivity contribution in [3.05, 3.63) is 58.8 Å². The van der Waals surface area contributed by atoms with Gasteiger partial charge in [0, 0.05) is 16.9 Å². The Balaban J connectivity index is 1.94. The zero-order chi connectivity index (χ0) is 12.4. The van der Waals surface area contributed by atoms with Gasteiger partial charge < -0.3 is 0 Å². The van der Waals surface area contributed by atoms with E-state index in [2.05, 4.69) is 37.3 Å². The summed E-state index contributed by atoms with van der Waals surface area (Å²) >= 11 is 3.47. The van der Waals surface area contributed by atoms with Crippen LogP contribution in [0.25, 0.3) is 0 Å². The number of rotatable bonds is 2. The maximum atomic E-state index is 4.21. The highest BCUT2D eigenvalue weighted by Gasteiger charge is 2.25. The zero-order valence-corrected chi connectivity index (χ0v) is 11.2. The third-order valence-corrected chi connectivity index (χ3v) is 3.34. The van der Waals surface area contributed by atoms with Gasteiger partial charge >= 0.3 is 0 Å². The van der Waals surface area contributed by atoms with Crippen LogP contribution in [0, 0.1) is 0 Å². The molecule has 3 rings (SSSR count). The molecule has 0 N–H and O–H groups in total. The van der Waals surface area contributed by atoms with Gasteiger partial charge in [0.15, 0.2) is 0 Å². The van der Waals surface area contributed by atoms with E-state index in [4.69, 9.17) is 0 Å². The number of nitrogens with zero attached hydrogens (tertiary/aromatic N) is 4. The number of anilines is 1. The average molecular weight is 303 g/mol. The van der Waals surface area contributed by atoms with Crippen molar-refractivity contribution in [3.8, 4) is 0 Å². The standard InChI is InChI=1S/C13H11BrN4/c14-11-4-1-5-12(7-11)18-13(9-16-17-18)10-3-2-6-15-8-10/h1-8,13H,9H2. The summed E-state index contributed by atoms with van der Waals surface area (Å²) in [4.78, 5) is 4.16. The van der Waals surface area contributed by atoms with Crippen LogP contribution in [0.15, 0.2) is 63.6 Å². The lowest BCUT2D eigenvalue weighted by Crippen LogP contribution is -2.20. The molecule has 2 heterocycles. The summed E-state index contributed by atoms with van der Waals surface area (Å²) in [5, 5.41) is 10.3. The molecule has 0 bridgehead atoms. The Labute approximate surface area is 113 Å². The van der Waals surface area contributed by atoms with Gasteiger partial charge in [-0.2, -0.15) is 5.11 Å². The molecular formula is C13H11BrN4. The van der Waals surface area contributed by atoms with Crippen molar-refractivity contribution in [2.45, 2.75) is 6.04 Å². The zero-order valence-electron chi connectivity index (χ0n) is 9.57. The molecule has 1 aliphatic rings. The number of hydrogen-bond donors (Lipinski definition) is 0. The van der Waals surface area contributed by atoms with E-state index in [1.54, 1.807) is 6.20 Å². The Bertz CT molecular complexity index is 570. The molecule has 1 unspecified atom stereocenters. The Hall–Kier alpha value is -1.75. The van der Waals surface area contributed by atoms with Gasteiger partial charge in [0.2, 0.25) is 0 Å². The van der Waals surface area contributed by atoms with Crippen molar-refractivity contribution in [2.24, 2.45) is 10.3 Å². The van der Waals surface area contributed by atoms with Gasteiger partial charge in [0.25, 0.3) is 0 Å². The highest BCUT2D eigenvalue weighted by atomic mass is 79.9. The fourth-order valence-corrected chi connectivity index (χ4v) is 2.38. The topological polar surface area (TPSA) is 40.9 Å². The molecule has 5 heteroatoms. The molecular weight excluding hydrogens is 292 g/mol. The van der Waals surface area contributed by atoms with Gasteiger partial charge in [-0.05, 0) is 29.8 Å². The minimum absolute atomic E-state index is 0.132. The lowest BCUT2D eigenvalue weighted by atomic mass is 10.1. The minimum atomic E-state index is 0.132. The number of aromatic nitrogens is 1. The van der Waals surface area contributed by atoms with Crippen LogP contribution in [0.1, 0.15) is 11.6 Å². The summed E-state index contributed by atoms with van der Waals surface area (Å²) in [6, 6.07) is 12.2. The molecule has 2 aromatic rings. The first kappa shape index (κ1) is 11.3. The van der Waals surface area contributed by atoms with Crippen LogP contribution in [0.4, 0.5) is 5.69 Å². The Morgan fingerprint density at radius 2 is 2.17 bits per heavy atom. The molecule has 0 amide bonds. The second-order valence-electron chi connectivity index (χ2n) is 4.04. The van der Waals surface area contributed by atoms with Crippen LogP contribution in [-0.2, 0) is 0 Å². The quantitative estimate of drug-likeness (QED) is 0.847. The van der Waals surface area contributed by atoms with Gasteiger partial charge in [-0.25, -0.2) is 5.01 Å². The fraction of sp³-hybridized carbons (Fsp3) is 0.154. The molecule has 0 aliphatic carbocycles. The summed E-state index contributed by atoms with van der Waals surface area (Å²) in [5.74, 6) is 0. The molecule has 0 radical (unpaired) electrons. The van der Waals surface area contributed by atoms with Crippen molar-refractivity contribution < 1.29 is 0 Å². The number of pyridine rings is 1. The maximum Gasteiger partial charge on any atom is 0.102 e. The monoisotopic (exact) mass is 302 g/mol. The van der Waals surface area contributed by atoms with E-state index in [1.165, 1.54) is 0 Å². The molecule has 0 fully saturated rings. The van der Waals surface area contributed by atoms with E-state index in [-0.39, 0.29) is 6.04 Å². The number of halogens is 1. The average Bonchev–Trinajstić information content (AvgIpc) is 2.89. The summed E-state index contributed by atoms with van der Waals surface area (Å²) in [7, 11) is 0. The summed E-state index contributed by atoms with van der Waals surface area (Å²) in [5.41, 5.74) is 2.15. The predicted molar refractivity (Wildman–Crippen MR) is 73.3 cm³/mol. The van der Waals surface area contributed by atoms with E-state index in [0.717, 1.165) is 15.7 Å². The van der Waals surface area contributed by atoms with Crippen molar-refractivity contribution in [2.75, 3.05) is 11.6 Å². The lowest BCUT2D eigenvalue weighted by Gasteiger charge is -2.21. The van der Waals surface area contributed by atoms with Gasteiger partial charge in [0.1, 0.15) is 6.04 Å². The Morgan fingerprint density at radius 3 is 2.94 bits per heavy atom. The second kappa shape index (κ2) is 4.86.